The van der Waals surface area contributed by atoms with Crippen LogP contribution < -0.4 is 0 Å². The van der Waals surface area contributed by atoms with Crippen LogP contribution in [0.25, 0.3) is 0 Å². The third-order valence-electron chi connectivity index (χ3n) is 3.12. The highest BCUT2D eigenvalue weighted by Crippen LogP contribution is 2.13. The summed E-state index contributed by atoms with van der Waals surface area (Å²) < 4.78 is 0. The topological polar surface area (TPSA) is 9.72 Å². The largest absolute Gasteiger partial charge is 0.308 e. The van der Waals surface area contributed by atoms with E-state index in [2.05, 4.69) is 42.8 Å². The van der Waals surface area contributed by atoms with Crippen LogP contribution in [0.3, 0.4) is 0 Å². The van der Waals surface area contributed by atoms with Gasteiger partial charge in [0.05, 0.1) is 0 Å². The summed E-state index contributed by atoms with van der Waals surface area (Å²) in [7, 11) is 6.52. The minimum atomic E-state index is 0.796. The van der Waals surface area contributed by atoms with Crippen molar-refractivity contribution in [3.8, 4) is 0 Å². The van der Waals surface area contributed by atoms with Crippen molar-refractivity contribution in [1.29, 1.82) is 0 Å². The van der Waals surface area contributed by atoms with Crippen molar-refractivity contribution >= 4 is 0 Å². The number of rotatable bonds is 5. The van der Waals surface area contributed by atoms with Gasteiger partial charge in [-0.2, -0.15) is 0 Å². The molecule has 1 aliphatic heterocycles. The monoisotopic (exact) mass is 199 g/mol. The predicted molar refractivity (Wildman–Crippen MR) is 61.7 cm³/mol. The van der Waals surface area contributed by atoms with Crippen molar-refractivity contribution in [3.63, 3.8) is 0 Å². The lowest BCUT2D eigenvalue weighted by molar-refractivity contribution is 0.188. The summed E-state index contributed by atoms with van der Waals surface area (Å²) >= 11 is 0. The van der Waals surface area contributed by atoms with E-state index in [4.69, 9.17) is 0 Å². The SMILES string of the molecule is CCN(CCN(C)C)C1CCN(C)C1. The smallest absolute Gasteiger partial charge is 0.0235 e. The van der Waals surface area contributed by atoms with Gasteiger partial charge < -0.3 is 9.80 Å². The van der Waals surface area contributed by atoms with E-state index >= 15 is 0 Å². The average molecular weight is 199 g/mol. The molecule has 3 heteroatoms. The summed E-state index contributed by atoms with van der Waals surface area (Å²) in [4.78, 5) is 7.31. The number of likely N-dealkylation sites (tertiary alicyclic amines) is 1. The summed E-state index contributed by atoms with van der Waals surface area (Å²) in [5.41, 5.74) is 0. The van der Waals surface area contributed by atoms with Crippen LogP contribution in [0.4, 0.5) is 0 Å². The van der Waals surface area contributed by atoms with Crippen LogP contribution in [-0.2, 0) is 0 Å². The molecule has 3 nitrogen and oxygen atoms in total. The minimum Gasteiger partial charge on any atom is -0.308 e. The first-order valence-corrected chi connectivity index (χ1v) is 5.70. The van der Waals surface area contributed by atoms with Gasteiger partial charge in [0.1, 0.15) is 0 Å². The average Bonchev–Trinajstić information content (AvgIpc) is 2.53. The van der Waals surface area contributed by atoms with Gasteiger partial charge in [0.2, 0.25) is 0 Å². The van der Waals surface area contributed by atoms with E-state index in [0.717, 1.165) is 6.04 Å². The van der Waals surface area contributed by atoms with E-state index in [9.17, 15) is 0 Å². The number of hydrogen-bond acceptors (Lipinski definition) is 3. The maximum absolute atomic E-state index is 2.61. The molecule has 0 spiro atoms. The Morgan fingerprint density at radius 3 is 2.43 bits per heavy atom. The Morgan fingerprint density at radius 2 is 2.00 bits per heavy atom. The Balaban J connectivity index is 2.30. The molecular formula is C11H25N3. The Kier molecular flexibility index (Phi) is 4.85. The second kappa shape index (κ2) is 5.69. The fourth-order valence-electron chi connectivity index (χ4n) is 2.14. The van der Waals surface area contributed by atoms with Gasteiger partial charge >= 0.3 is 0 Å². The van der Waals surface area contributed by atoms with Crippen molar-refractivity contribution in [2.75, 3.05) is 53.9 Å². The number of nitrogens with zero attached hydrogens (tertiary/aromatic N) is 3. The van der Waals surface area contributed by atoms with Crippen LogP contribution in [0.2, 0.25) is 0 Å². The van der Waals surface area contributed by atoms with E-state index in [1.54, 1.807) is 0 Å². The van der Waals surface area contributed by atoms with E-state index in [-0.39, 0.29) is 0 Å². The van der Waals surface area contributed by atoms with Gasteiger partial charge in [-0.3, -0.25) is 4.90 Å². The van der Waals surface area contributed by atoms with Gasteiger partial charge in [0.15, 0.2) is 0 Å². The first-order chi connectivity index (χ1) is 6.63. The van der Waals surface area contributed by atoms with Crippen LogP contribution in [0.15, 0.2) is 0 Å². The molecule has 0 amide bonds. The zero-order valence-corrected chi connectivity index (χ0v) is 10.2. The van der Waals surface area contributed by atoms with Gasteiger partial charge in [-0.25, -0.2) is 0 Å². The Labute approximate surface area is 88.7 Å². The molecule has 0 radical (unpaired) electrons. The molecule has 1 rings (SSSR count). The summed E-state index contributed by atoms with van der Waals surface area (Å²) in [5, 5.41) is 0. The lowest BCUT2D eigenvalue weighted by Crippen LogP contribution is -2.40. The molecule has 1 unspecified atom stereocenters. The molecule has 0 saturated carbocycles. The van der Waals surface area contributed by atoms with E-state index in [0.29, 0.717) is 0 Å². The molecule has 84 valence electrons. The second-order valence-electron chi connectivity index (χ2n) is 4.64. The van der Waals surface area contributed by atoms with Crippen LogP contribution in [-0.4, -0.2) is 74.6 Å². The maximum atomic E-state index is 2.61. The highest BCUT2D eigenvalue weighted by molar-refractivity contribution is 4.81. The van der Waals surface area contributed by atoms with E-state index in [1.807, 2.05) is 0 Å². The molecule has 0 aromatic rings. The molecule has 1 heterocycles. The zero-order valence-electron chi connectivity index (χ0n) is 10.2. The molecule has 0 aromatic carbocycles. The van der Waals surface area contributed by atoms with E-state index < -0.39 is 0 Å². The normalized spacial score (nSPS) is 24.0. The molecule has 14 heavy (non-hydrogen) atoms. The zero-order chi connectivity index (χ0) is 10.6. The van der Waals surface area contributed by atoms with Gasteiger partial charge in [-0.05, 0) is 40.7 Å². The Hall–Kier alpha value is -0.120. The third kappa shape index (κ3) is 3.56. The number of likely N-dealkylation sites (N-methyl/N-ethyl adjacent to an activating group) is 3. The van der Waals surface area contributed by atoms with Crippen LogP contribution >= 0.6 is 0 Å². The molecule has 0 aliphatic carbocycles. The lowest BCUT2D eigenvalue weighted by atomic mass is 10.2. The maximum Gasteiger partial charge on any atom is 0.0235 e. The molecule has 0 aromatic heterocycles. The summed E-state index contributed by atoms with van der Waals surface area (Å²) in [6.07, 6.45) is 1.35. The van der Waals surface area contributed by atoms with Crippen molar-refractivity contribution < 1.29 is 0 Å². The molecule has 0 N–H and O–H groups in total. The Morgan fingerprint density at radius 1 is 1.29 bits per heavy atom. The van der Waals surface area contributed by atoms with Gasteiger partial charge in [0, 0.05) is 25.7 Å². The molecule has 1 aliphatic rings. The van der Waals surface area contributed by atoms with E-state index in [1.165, 1.54) is 39.1 Å². The third-order valence-corrected chi connectivity index (χ3v) is 3.12. The minimum absolute atomic E-state index is 0.796. The van der Waals surface area contributed by atoms with Crippen molar-refractivity contribution in [2.45, 2.75) is 19.4 Å². The quantitative estimate of drug-likeness (QED) is 0.641. The molecule has 1 fully saturated rings. The number of hydrogen-bond donors (Lipinski definition) is 0. The van der Waals surface area contributed by atoms with Crippen LogP contribution in [0.5, 0.6) is 0 Å². The molecular weight excluding hydrogens is 174 g/mol. The summed E-state index contributed by atoms with van der Waals surface area (Å²) in [6, 6.07) is 0.796. The van der Waals surface area contributed by atoms with Crippen molar-refractivity contribution in [1.82, 2.24) is 14.7 Å². The highest BCUT2D eigenvalue weighted by atomic mass is 15.3. The van der Waals surface area contributed by atoms with Crippen molar-refractivity contribution in [2.24, 2.45) is 0 Å². The van der Waals surface area contributed by atoms with Crippen molar-refractivity contribution in [3.05, 3.63) is 0 Å². The van der Waals surface area contributed by atoms with Crippen LogP contribution in [0, 0.1) is 0 Å². The fraction of sp³-hybridized carbons (Fsp3) is 1.00. The second-order valence-corrected chi connectivity index (χ2v) is 4.64. The fourth-order valence-corrected chi connectivity index (χ4v) is 2.14. The molecule has 1 atom stereocenters. The first kappa shape index (κ1) is 12.0. The van der Waals surface area contributed by atoms with Gasteiger partial charge in [-0.15, -0.1) is 0 Å². The van der Waals surface area contributed by atoms with Gasteiger partial charge in [0.25, 0.3) is 0 Å². The predicted octanol–water partition coefficient (Wildman–Crippen LogP) is 0.574. The summed E-state index contributed by atoms with van der Waals surface area (Å²) in [6.45, 7) is 8.36. The Bertz CT molecular complexity index is 159. The standard InChI is InChI=1S/C11H25N3/c1-5-14(9-8-12(2)3)11-6-7-13(4)10-11/h11H,5-10H2,1-4H3. The lowest BCUT2D eigenvalue weighted by Gasteiger charge is -2.28. The van der Waals surface area contributed by atoms with Gasteiger partial charge in [-0.1, -0.05) is 6.92 Å². The molecule has 1 saturated heterocycles. The van der Waals surface area contributed by atoms with Crippen LogP contribution in [0.1, 0.15) is 13.3 Å². The highest BCUT2D eigenvalue weighted by Gasteiger charge is 2.24. The first-order valence-electron chi connectivity index (χ1n) is 5.70. The molecule has 0 bridgehead atoms. The summed E-state index contributed by atoms with van der Waals surface area (Å²) in [5.74, 6) is 0.